The molecule has 3 aromatic rings. The third-order valence-corrected chi connectivity index (χ3v) is 6.83. The van der Waals surface area contributed by atoms with Gasteiger partial charge in [-0.3, -0.25) is 23.9 Å². The molecule has 3 aromatic heterocycles. The van der Waals surface area contributed by atoms with Gasteiger partial charge in [0, 0.05) is 12.3 Å². The number of carbonyl (C=O) groups excluding carboxylic acids is 2. The first-order valence-corrected chi connectivity index (χ1v) is 11.7. The van der Waals surface area contributed by atoms with Crippen molar-refractivity contribution in [2.45, 2.75) is 49.9 Å². The van der Waals surface area contributed by atoms with Crippen molar-refractivity contribution in [3.8, 4) is 5.82 Å². The summed E-state index contributed by atoms with van der Waals surface area (Å²) < 4.78 is 70.8. The second-order valence-electron chi connectivity index (χ2n) is 9.34. The van der Waals surface area contributed by atoms with Crippen LogP contribution in [0.15, 0.2) is 35.4 Å². The summed E-state index contributed by atoms with van der Waals surface area (Å²) in [5.74, 6) is -4.61. The number of hydrogen-bond donors (Lipinski definition) is 2. The van der Waals surface area contributed by atoms with E-state index < -0.39 is 58.1 Å². The van der Waals surface area contributed by atoms with Gasteiger partial charge in [-0.1, -0.05) is 12.8 Å². The van der Waals surface area contributed by atoms with E-state index in [1.54, 1.807) is 0 Å². The molecule has 0 aromatic carbocycles. The van der Waals surface area contributed by atoms with Crippen molar-refractivity contribution in [1.29, 1.82) is 0 Å². The van der Waals surface area contributed by atoms with Crippen LogP contribution in [0.1, 0.15) is 42.5 Å². The summed E-state index contributed by atoms with van der Waals surface area (Å²) in [6.07, 6.45) is -4.71. The Morgan fingerprint density at radius 1 is 1.16 bits per heavy atom. The van der Waals surface area contributed by atoms with Crippen molar-refractivity contribution in [3.63, 3.8) is 0 Å². The van der Waals surface area contributed by atoms with Gasteiger partial charge >= 0.3 is 6.18 Å². The number of carbonyl (C=O) groups is 2. The quantitative estimate of drug-likeness (QED) is 0.495. The third-order valence-electron chi connectivity index (χ3n) is 6.83. The van der Waals surface area contributed by atoms with Crippen LogP contribution in [0.4, 0.5) is 27.8 Å². The van der Waals surface area contributed by atoms with Crippen LogP contribution in [0.25, 0.3) is 16.9 Å². The highest BCUT2D eigenvalue weighted by Crippen LogP contribution is 2.43. The number of aliphatic hydroxyl groups is 1. The molecule has 5 rings (SSSR count). The van der Waals surface area contributed by atoms with E-state index in [0.717, 1.165) is 15.7 Å². The molecule has 2 aliphatic rings. The van der Waals surface area contributed by atoms with Gasteiger partial charge in [0.25, 0.3) is 5.91 Å². The Hall–Kier alpha value is -3.94. The van der Waals surface area contributed by atoms with Gasteiger partial charge in [0.1, 0.15) is 22.7 Å². The largest absolute Gasteiger partial charge is 0.411 e. The molecule has 2 amide bonds. The fourth-order valence-electron chi connectivity index (χ4n) is 4.90. The Morgan fingerprint density at radius 3 is 2.47 bits per heavy atom. The average molecular weight is 537 g/mol. The molecular formula is C24H20F5N5O4. The Balaban J connectivity index is 1.69. The summed E-state index contributed by atoms with van der Waals surface area (Å²) in [6.45, 7) is -0.0925. The maximum atomic E-state index is 14.8. The van der Waals surface area contributed by atoms with Gasteiger partial charge in [-0.05, 0) is 25.0 Å². The molecule has 14 heteroatoms. The van der Waals surface area contributed by atoms with E-state index in [0.29, 0.717) is 12.3 Å². The number of rotatable bonds is 4. The number of nitrogens with one attached hydrogen (secondary N) is 1. The van der Waals surface area contributed by atoms with Crippen molar-refractivity contribution >= 4 is 28.7 Å². The molecule has 2 N–H and O–H groups in total. The van der Waals surface area contributed by atoms with Gasteiger partial charge in [0.2, 0.25) is 11.3 Å². The van der Waals surface area contributed by atoms with Gasteiger partial charge in [-0.25, -0.2) is 18.7 Å². The molecule has 0 radical (unpaired) electrons. The van der Waals surface area contributed by atoms with Crippen LogP contribution in [-0.2, 0) is 4.79 Å². The molecule has 1 saturated heterocycles. The lowest BCUT2D eigenvalue weighted by molar-refractivity contribution is -0.191. The van der Waals surface area contributed by atoms with Crippen LogP contribution >= 0.6 is 0 Å². The minimum absolute atomic E-state index is 0.00565. The molecule has 0 bridgehead atoms. The highest BCUT2D eigenvalue weighted by molar-refractivity contribution is 5.99. The predicted molar refractivity (Wildman–Crippen MR) is 123 cm³/mol. The highest BCUT2D eigenvalue weighted by Gasteiger charge is 2.57. The minimum atomic E-state index is -4.77. The number of pyridine rings is 3. The molecule has 9 nitrogen and oxygen atoms in total. The summed E-state index contributed by atoms with van der Waals surface area (Å²) in [5, 5.41) is 11.5. The van der Waals surface area contributed by atoms with Crippen molar-refractivity contribution in [2.75, 3.05) is 11.4 Å². The number of fused-ring (bicyclic) bond motifs is 1. The van der Waals surface area contributed by atoms with E-state index in [-0.39, 0.29) is 55.5 Å². The molecule has 200 valence electrons. The fourth-order valence-corrected chi connectivity index (χ4v) is 4.90. The maximum absolute atomic E-state index is 14.8. The predicted octanol–water partition coefficient (Wildman–Crippen LogP) is 2.76. The summed E-state index contributed by atoms with van der Waals surface area (Å²) in [5.41, 5.74) is -4.53. The van der Waals surface area contributed by atoms with Crippen LogP contribution < -0.4 is 15.6 Å². The molecule has 1 saturated carbocycles. The molecule has 4 heterocycles. The number of β-amino-alcohol motifs (C(OH)–C–C–N with tert-alkyl or cyclic N) is 1. The van der Waals surface area contributed by atoms with E-state index in [2.05, 4.69) is 9.97 Å². The standard InChI is InChI=1S/C24H20F5N5O4/c25-12-7-16(26)21(30-9-12)34-11-15(22(38)32-23(24(27,28)29)5-1-2-6-23)19(37)14-3-4-17(31-20(14)34)33-10-13(35)8-18(33)36/h3-4,7,9,11,13,35H,1-2,5-6,8,10H2,(H,32,38)/t13-/m0/s1. The number of nitrogens with zero attached hydrogens (tertiary/aromatic N) is 4. The molecule has 1 aliphatic carbocycles. The van der Waals surface area contributed by atoms with E-state index in [1.165, 1.54) is 12.1 Å². The third kappa shape index (κ3) is 4.27. The number of hydrogen-bond acceptors (Lipinski definition) is 6. The average Bonchev–Trinajstić information content (AvgIpc) is 3.46. The van der Waals surface area contributed by atoms with Crippen LogP contribution in [-0.4, -0.2) is 55.8 Å². The SMILES string of the molecule is O=C(NC1(C(F)(F)F)CCCC1)c1cn(-c2ncc(F)cc2F)c2nc(N3C[C@@H](O)CC3=O)ccc2c1=O. The van der Waals surface area contributed by atoms with E-state index >= 15 is 0 Å². The van der Waals surface area contributed by atoms with Crippen LogP contribution in [0.3, 0.4) is 0 Å². The number of alkyl halides is 3. The molecule has 2 fully saturated rings. The van der Waals surface area contributed by atoms with E-state index in [1.807, 2.05) is 5.32 Å². The number of aromatic nitrogens is 3. The van der Waals surface area contributed by atoms with Gasteiger partial charge in [0.05, 0.1) is 30.7 Å². The molecule has 0 spiro atoms. The highest BCUT2D eigenvalue weighted by atomic mass is 19.4. The molecule has 0 unspecified atom stereocenters. The Kier molecular flexibility index (Phi) is 6.16. The lowest BCUT2D eigenvalue weighted by Gasteiger charge is -2.32. The van der Waals surface area contributed by atoms with Crippen LogP contribution in [0, 0.1) is 11.6 Å². The zero-order valence-corrected chi connectivity index (χ0v) is 19.6. The molecule has 1 aliphatic heterocycles. The van der Waals surface area contributed by atoms with Gasteiger partial charge in [0.15, 0.2) is 17.3 Å². The summed E-state index contributed by atoms with van der Waals surface area (Å²) in [6, 6.07) is 2.93. The Labute approximate surface area is 210 Å². The van der Waals surface area contributed by atoms with Crippen molar-refractivity contribution in [3.05, 3.63) is 58.0 Å². The minimum Gasteiger partial charge on any atom is -0.391 e. The lowest BCUT2D eigenvalue weighted by Crippen LogP contribution is -2.57. The lowest BCUT2D eigenvalue weighted by atomic mass is 9.96. The number of amides is 2. The van der Waals surface area contributed by atoms with E-state index in [4.69, 9.17) is 0 Å². The van der Waals surface area contributed by atoms with Crippen LogP contribution in [0.2, 0.25) is 0 Å². The van der Waals surface area contributed by atoms with Gasteiger partial charge in [-0.15, -0.1) is 0 Å². The van der Waals surface area contributed by atoms with Gasteiger partial charge in [-0.2, -0.15) is 13.2 Å². The second-order valence-corrected chi connectivity index (χ2v) is 9.34. The summed E-state index contributed by atoms with van der Waals surface area (Å²) in [7, 11) is 0. The van der Waals surface area contributed by atoms with Crippen molar-refractivity contribution < 1.29 is 36.6 Å². The number of halogens is 5. The van der Waals surface area contributed by atoms with Crippen molar-refractivity contribution in [1.82, 2.24) is 19.9 Å². The molecule has 1 atom stereocenters. The molecule has 38 heavy (non-hydrogen) atoms. The molecular weight excluding hydrogens is 517 g/mol. The zero-order chi connectivity index (χ0) is 27.4. The van der Waals surface area contributed by atoms with Crippen LogP contribution in [0.5, 0.6) is 0 Å². The van der Waals surface area contributed by atoms with Crippen molar-refractivity contribution in [2.24, 2.45) is 0 Å². The zero-order valence-electron chi connectivity index (χ0n) is 19.6. The Bertz CT molecular complexity index is 1520. The monoisotopic (exact) mass is 537 g/mol. The first-order chi connectivity index (χ1) is 17.9. The normalized spacial score (nSPS) is 19.4. The van der Waals surface area contributed by atoms with E-state index in [9.17, 15) is 41.4 Å². The Morgan fingerprint density at radius 2 is 1.87 bits per heavy atom. The fraction of sp³-hybridized carbons (Fsp3) is 0.375. The number of aliphatic hydroxyl groups excluding tert-OH is 1. The first kappa shape index (κ1) is 25.7. The smallest absolute Gasteiger partial charge is 0.391 e. The first-order valence-electron chi connectivity index (χ1n) is 11.7. The summed E-state index contributed by atoms with van der Waals surface area (Å²) in [4.78, 5) is 47.7. The van der Waals surface area contributed by atoms with Gasteiger partial charge < -0.3 is 10.4 Å². The topological polar surface area (TPSA) is 117 Å². The number of anilines is 1. The second kappa shape index (κ2) is 9.11. The summed E-state index contributed by atoms with van der Waals surface area (Å²) >= 11 is 0. The maximum Gasteiger partial charge on any atom is 0.411 e.